The van der Waals surface area contributed by atoms with Crippen LogP contribution in [-0.4, -0.2) is 5.78 Å². The quantitative estimate of drug-likeness (QED) is 0.765. The molecule has 2 rings (SSSR count). The van der Waals surface area contributed by atoms with Crippen molar-refractivity contribution in [2.24, 2.45) is 0 Å². The van der Waals surface area contributed by atoms with Crippen LogP contribution in [0.3, 0.4) is 0 Å². The average Bonchev–Trinajstić information content (AvgIpc) is 2.31. The minimum atomic E-state index is 0. The Labute approximate surface area is 107 Å². The van der Waals surface area contributed by atoms with Gasteiger partial charge in [-0.25, -0.2) is 0 Å². The molecule has 2 aromatic rings. The molecule has 0 fully saturated rings. The van der Waals surface area contributed by atoms with Crippen molar-refractivity contribution in [2.45, 2.75) is 6.92 Å². The maximum Gasteiger partial charge on any atom is 0.163 e. The zero-order valence-corrected chi connectivity index (χ0v) is 10.2. The number of ether oxygens (including phenoxy) is 1. The van der Waals surface area contributed by atoms with E-state index in [0.29, 0.717) is 11.3 Å². The third kappa shape index (κ3) is 3.33. The third-order valence-corrected chi connectivity index (χ3v) is 2.24. The molecule has 0 radical (unpaired) electrons. The van der Waals surface area contributed by atoms with Gasteiger partial charge in [-0.15, -0.1) is 12.4 Å². The van der Waals surface area contributed by atoms with E-state index < -0.39 is 0 Å². The lowest BCUT2D eigenvalue weighted by molar-refractivity contribution is 0.101. The molecule has 0 N–H and O–H groups in total. The lowest BCUT2D eigenvalue weighted by Gasteiger charge is -2.08. The van der Waals surface area contributed by atoms with Crippen molar-refractivity contribution >= 4 is 18.2 Å². The van der Waals surface area contributed by atoms with Crippen molar-refractivity contribution in [3.63, 3.8) is 0 Å². The molecule has 17 heavy (non-hydrogen) atoms. The first-order valence-corrected chi connectivity index (χ1v) is 5.10. The van der Waals surface area contributed by atoms with Crippen molar-refractivity contribution in [3.05, 3.63) is 60.2 Å². The molecule has 0 saturated heterocycles. The van der Waals surface area contributed by atoms with E-state index in [-0.39, 0.29) is 18.2 Å². The summed E-state index contributed by atoms with van der Waals surface area (Å²) in [6.07, 6.45) is 0. The minimum absolute atomic E-state index is 0. The van der Waals surface area contributed by atoms with Gasteiger partial charge in [-0.3, -0.25) is 4.79 Å². The van der Waals surface area contributed by atoms with Gasteiger partial charge in [0.1, 0.15) is 11.5 Å². The summed E-state index contributed by atoms with van der Waals surface area (Å²) in [5, 5.41) is 0. The van der Waals surface area contributed by atoms with Crippen LogP contribution in [0.1, 0.15) is 17.3 Å². The SMILES string of the molecule is CC(=O)c1ccccc1Oc1ccccc1.Cl. The molecule has 0 spiro atoms. The van der Waals surface area contributed by atoms with Crippen LogP contribution in [-0.2, 0) is 0 Å². The zero-order valence-electron chi connectivity index (χ0n) is 9.42. The Bertz CT molecular complexity index is 495. The first-order valence-electron chi connectivity index (χ1n) is 5.10. The van der Waals surface area contributed by atoms with E-state index >= 15 is 0 Å². The van der Waals surface area contributed by atoms with E-state index in [2.05, 4.69) is 0 Å². The molecule has 0 aliphatic heterocycles. The minimum Gasteiger partial charge on any atom is -0.457 e. The van der Waals surface area contributed by atoms with Crippen LogP contribution in [0.2, 0.25) is 0 Å². The number of rotatable bonds is 3. The van der Waals surface area contributed by atoms with E-state index in [4.69, 9.17) is 4.74 Å². The third-order valence-electron chi connectivity index (χ3n) is 2.24. The van der Waals surface area contributed by atoms with Crippen LogP contribution >= 0.6 is 12.4 Å². The highest BCUT2D eigenvalue weighted by molar-refractivity contribution is 5.96. The molecule has 0 amide bonds. The molecule has 0 bridgehead atoms. The van der Waals surface area contributed by atoms with Gasteiger partial charge < -0.3 is 4.74 Å². The molecule has 0 saturated carbocycles. The number of hydrogen-bond donors (Lipinski definition) is 0. The van der Waals surface area contributed by atoms with E-state index in [1.54, 1.807) is 12.1 Å². The topological polar surface area (TPSA) is 26.3 Å². The highest BCUT2D eigenvalue weighted by atomic mass is 35.5. The second-order valence-electron chi connectivity index (χ2n) is 3.47. The summed E-state index contributed by atoms with van der Waals surface area (Å²) in [5.74, 6) is 1.34. The van der Waals surface area contributed by atoms with Crippen molar-refractivity contribution in [2.75, 3.05) is 0 Å². The molecule has 0 aliphatic rings. The van der Waals surface area contributed by atoms with Gasteiger partial charge in [0, 0.05) is 0 Å². The Morgan fingerprint density at radius 3 is 2.18 bits per heavy atom. The van der Waals surface area contributed by atoms with Gasteiger partial charge in [-0.05, 0) is 31.2 Å². The van der Waals surface area contributed by atoms with Gasteiger partial charge in [-0.1, -0.05) is 30.3 Å². The van der Waals surface area contributed by atoms with Crippen molar-refractivity contribution in [1.29, 1.82) is 0 Å². The maximum absolute atomic E-state index is 11.4. The van der Waals surface area contributed by atoms with Gasteiger partial charge in [-0.2, -0.15) is 0 Å². The average molecular weight is 249 g/mol. The molecule has 0 unspecified atom stereocenters. The molecule has 0 heterocycles. The molecule has 88 valence electrons. The Kier molecular flexibility index (Phi) is 4.73. The number of hydrogen-bond acceptors (Lipinski definition) is 2. The Morgan fingerprint density at radius 1 is 0.941 bits per heavy atom. The molecule has 0 atom stereocenters. The first kappa shape index (κ1) is 13.3. The normalized spacial score (nSPS) is 9.24. The van der Waals surface area contributed by atoms with Crippen LogP contribution in [0.25, 0.3) is 0 Å². The second-order valence-corrected chi connectivity index (χ2v) is 3.47. The zero-order chi connectivity index (χ0) is 11.4. The number of benzene rings is 2. The molecular formula is C14H13ClO2. The molecule has 3 heteroatoms. The van der Waals surface area contributed by atoms with Crippen molar-refractivity contribution < 1.29 is 9.53 Å². The van der Waals surface area contributed by atoms with E-state index in [1.165, 1.54) is 6.92 Å². The molecule has 2 nitrogen and oxygen atoms in total. The monoisotopic (exact) mass is 248 g/mol. The standard InChI is InChI=1S/C14H12O2.ClH/c1-11(15)13-9-5-6-10-14(13)16-12-7-3-2-4-8-12;/h2-10H,1H3;1H. The Morgan fingerprint density at radius 2 is 1.53 bits per heavy atom. The Hall–Kier alpha value is -1.80. The fraction of sp³-hybridized carbons (Fsp3) is 0.0714. The number of carbonyl (C=O) groups excluding carboxylic acids is 1. The number of Topliss-reactive ketones (excluding diaryl/α,β-unsaturated/α-hetero) is 1. The molecule has 0 aromatic heterocycles. The van der Waals surface area contributed by atoms with Crippen LogP contribution in [0.4, 0.5) is 0 Å². The summed E-state index contributed by atoms with van der Waals surface area (Å²) < 4.78 is 5.65. The smallest absolute Gasteiger partial charge is 0.163 e. The number of halogens is 1. The van der Waals surface area contributed by atoms with Gasteiger partial charge in [0.25, 0.3) is 0 Å². The van der Waals surface area contributed by atoms with Gasteiger partial charge in [0.15, 0.2) is 5.78 Å². The summed E-state index contributed by atoms with van der Waals surface area (Å²) in [4.78, 5) is 11.4. The fourth-order valence-corrected chi connectivity index (χ4v) is 1.46. The molecular weight excluding hydrogens is 236 g/mol. The maximum atomic E-state index is 11.4. The second kappa shape index (κ2) is 6.06. The predicted molar refractivity (Wildman–Crippen MR) is 70.2 cm³/mol. The number of carbonyl (C=O) groups is 1. The summed E-state index contributed by atoms with van der Waals surface area (Å²) in [7, 11) is 0. The van der Waals surface area contributed by atoms with E-state index in [0.717, 1.165) is 5.75 Å². The Balaban J connectivity index is 0.00000144. The van der Waals surface area contributed by atoms with E-state index in [1.807, 2.05) is 42.5 Å². The van der Waals surface area contributed by atoms with Crippen LogP contribution in [0.5, 0.6) is 11.5 Å². The van der Waals surface area contributed by atoms with Crippen LogP contribution in [0, 0.1) is 0 Å². The highest BCUT2D eigenvalue weighted by Gasteiger charge is 2.07. The molecule has 2 aromatic carbocycles. The summed E-state index contributed by atoms with van der Waals surface area (Å²) >= 11 is 0. The van der Waals surface area contributed by atoms with Gasteiger partial charge in [0.05, 0.1) is 5.56 Å². The lowest BCUT2D eigenvalue weighted by Crippen LogP contribution is -1.96. The highest BCUT2D eigenvalue weighted by Crippen LogP contribution is 2.24. The van der Waals surface area contributed by atoms with Crippen molar-refractivity contribution in [1.82, 2.24) is 0 Å². The van der Waals surface area contributed by atoms with Gasteiger partial charge in [0.2, 0.25) is 0 Å². The number of para-hydroxylation sites is 2. The first-order chi connectivity index (χ1) is 7.77. The predicted octanol–water partition coefficient (Wildman–Crippen LogP) is 4.10. The van der Waals surface area contributed by atoms with Crippen LogP contribution in [0.15, 0.2) is 54.6 Å². The largest absolute Gasteiger partial charge is 0.457 e. The number of ketones is 1. The van der Waals surface area contributed by atoms with Crippen LogP contribution < -0.4 is 4.74 Å². The fourth-order valence-electron chi connectivity index (χ4n) is 1.46. The summed E-state index contributed by atoms with van der Waals surface area (Å²) in [6.45, 7) is 1.53. The van der Waals surface area contributed by atoms with Gasteiger partial charge >= 0.3 is 0 Å². The molecule has 0 aliphatic carbocycles. The summed E-state index contributed by atoms with van der Waals surface area (Å²) in [6, 6.07) is 16.7. The summed E-state index contributed by atoms with van der Waals surface area (Å²) in [5.41, 5.74) is 0.603. The van der Waals surface area contributed by atoms with Crippen molar-refractivity contribution in [3.8, 4) is 11.5 Å². The lowest BCUT2D eigenvalue weighted by atomic mass is 10.1. The van der Waals surface area contributed by atoms with E-state index in [9.17, 15) is 4.79 Å².